The van der Waals surface area contributed by atoms with Crippen LogP contribution >= 0.6 is 0 Å². The Morgan fingerprint density at radius 2 is 1.51 bits per heavy atom. The summed E-state index contributed by atoms with van der Waals surface area (Å²) in [6.45, 7) is 4.91. The van der Waals surface area contributed by atoms with E-state index in [1.165, 1.54) is 5.56 Å². The standard InChI is InChI=1S/C30H34N4O3/c1-36-25-14-12-24(13-15-25)27-20-28(26-10-6-7-11-29(26)37-2)34(31-27)30(35)22-33-18-16-32(17-19-33)21-23-8-4-3-5-9-23/h3-15,28H,16-22H2,1-2H3/t28-/m0/s1. The first-order chi connectivity index (χ1) is 18.1. The molecule has 0 N–H and O–H groups in total. The number of nitrogens with zero attached hydrogens (tertiary/aromatic N) is 4. The van der Waals surface area contributed by atoms with Gasteiger partial charge in [0, 0.05) is 44.7 Å². The van der Waals surface area contributed by atoms with Gasteiger partial charge in [-0.25, -0.2) is 5.01 Å². The Hall–Kier alpha value is -3.68. The number of carbonyl (C=O) groups is 1. The minimum absolute atomic E-state index is 0.0101. The van der Waals surface area contributed by atoms with Crippen molar-refractivity contribution in [1.82, 2.24) is 14.8 Å². The van der Waals surface area contributed by atoms with Gasteiger partial charge in [-0.05, 0) is 41.5 Å². The number of rotatable bonds is 8. The molecule has 3 aromatic rings. The summed E-state index contributed by atoms with van der Waals surface area (Å²) < 4.78 is 11.0. The molecule has 0 spiro atoms. The highest BCUT2D eigenvalue weighted by Gasteiger charge is 2.35. The molecule has 0 bridgehead atoms. The summed E-state index contributed by atoms with van der Waals surface area (Å²) >= 11 is 0. The van der Waals surface area contributed by atoms with E-state index in [1.807, 2.05) is 54.6 Å². The molecule has 0 saturated carbocycles. The van der Waals surface area contributed by atoms with Gasteiger partial charge in [0.05, 0.1) is 32.5 Å². The number of piperazine rings is 1. The predicted octanol–water partition coefficient (Wildman–Crippen LogP) is 4.20. The van der Waals surface area contributed by atoms with E-state index < -0.39 is 0 Å². The van der Waals surface area contributed by atoms with Crippen molar-refractivity contribution >= 4 is 11.6 Å². The first-order valence-corrected chi connectivity index (χ1v) is 12.8. The first-order valence-electron chi connectivity index (χ1n) is 12.8. The van der Waals surface area contributed by atoms with Crippen molar-refractivity contribution in [3.8, 4) is 11.5 Å². The summed E-state index contributed by atoms with van der Waals surface area (Å²) in [7, 11) is 3.32. The van der Waals surface area contributed by atoms with E-state index in [2.05, 4.69) is 34.1 Å². The summed E-state index contributed by atoms with van der Waals surface area (Å²) in [5.74, 6) is 1.57. The predicted molar refractivity (Wildman–Crippen MR) is 145 cm³/mol. The van der Waals surface area contributed by atoms with Gasteiger partial charge in [0.15, 0.2) is 0 Å². The second kappa shape index (κ2) is 11.6. The summed E-state index contributed by atoms with van der Waals surface area (Å²) in [4.78, 5) is 18.3. The van der Waals surface area contributed by atoms with E-state index in [0.29, 0.717) is 13.0 Å². The zero-order valence-corrected chi connectivity index (χ0v) is 21.5. The molecular weight excluding hydrogens is 464 g/mol. The minimum Gasteiger partial charge on any atom is -0.497 e. The third-order valence-electron chi connectivity index (χ3n) is 7.16. The zero-order chi connectivity index (χ0) is 25.6. The highest BCUT2D eigenvalue weighted by Crippen LogP contribution is 2.37. The Morgan fingerprint density at radius 1 is 0.838 bits per heavy atom. The van der Waals surface area contributed by atoms with Crippen LogP contribution < -0.4 is 9.47 Å². The number of carbonyl (C=O) groups excluding carboxylic acids is 1. The third kappa shape index (κ3) is 5.84. The fourth-order valence-corrected chi connectivity index (χ4v) is 5.09. The van der Waals surface area contributed by atoms with Crippen LogP contribution in [0.4, 0.5) is 0 Å². The number of benzene rings is 3. The number of para-hydroxylation sites is 1. The molecule has 7 heteroatoms. The van der Waals surface area contributed by atoms with Gasteiger partial charge in [0.2, 0.25) is 0 Å². The molecule has 0 aliphatic carbocycles. The summed E-state index contributed by atoms with van der Waals surface area (Å²) in [6.07, 6.45) is 0.628. The molecular formula is C30H34N4O3. The number of methoxy groups -OCH3 is 2. The molecule has 2 aliphatic rings. The summed E-state index contributed by atoms with van der Waals surface area (Å²) in [5.41, 5.74) is 4.17. The molecule has 1 fully saturated rings. The first kappa shape index (κ1) is 25.0. The molecule has 1 saturated heterocycles. The van der Waals surface area contributed by atoms with Gasteiger partial charge in [-0.15, -0.1) is 0 Å². The SMILES string of the molecule is COc1ccc(C2=NN(C(=O)CN3CCN(Cc4ccccc4)CC3)[C@H](c3ccccc3OC)C2)cc1. The van der Waals surface area contributed by atoms with Crippen LogP contribution in [0, 0.1) is 0 Å². The summed E-state index contributed by atoms with van der Waals surface area (Å²) in [6, 6.07) is 26.1. The average molecular weight is 499 g/mol. The van der Waals surface area contributed by atoms with E-state index >= 15 is 0 Å². The lowest BCUT2D eigenvalue weighted by atomic mass is 9.97. The van der Waals surface area contributed by atoms with Crippen molar-refractivity contribution in [3.05, 3.63) is 95.6 Å². The number of amides is 1. The highest BCUT2D eigenvalue weighted by atomic mass is 16.5. The summed E-state index contributed by atoms with van der Waals surface area (Å²) in [5, 5.41) is 6.52. The van der Waals surface area contributed by atoms with Crippen molar-refractivity contribution in [2.24, 2.45) is 5.10 Å². The smallest absolute Gasteiger partial charge is 0.257 e. The quantitative estimate of drug-likeness (QED) is 0.466. The lowest BCUT2D eigenvalue weighted by Gasteiger charge is -2.35. The van der Waals surface area contributed by atoms with E-state index in [-0.39, 0.29) is 11.9 Å². The normalized spacial score (nSPS) is 18.5. The van der Waals surface area contributed by atoms with Crippen molar-refractivity contribution < 1.29 is 14.3 Å². The Balaban J connectivity index is 1.29. The van der Waals surface area contributed by atoms with Gasteiger partial charge in [-0.1, -0.05) is 48.5 Å². The Kier molecular flexibility index (Phi) is 7.82. The van der Waals surface area contributed by atoms with Gasteiger partial charge >= 0.3 is 0 Å². The van der Waals surface area contributed by atoms with E-state index in [0.717, 1.165) is 61.1 Å². The Bertz CT molecular complexity index is 1220. The van der Waals surface area contributed by atoms with Crippen LogP contribution in [0.25, 0.3) is 0 Å². The monoisotopic (exact) mass is 498 g/mol. The molecule has 3 aromatic carbocycles. The topological polar surface area (TPSA) is 57.6 Å². The molecule has 2 heterocycles. The van der Waals surface area contributed by atoms with Gasteiger partial charge in [-0.3, -0.25) is 14.6 Å². The maximum Gasteiger partial charge on any atom is 0.257 e. The van der Waals surface area contributed by atoms with Crippen LogP contribution in [-0.2, 0) is 11.3 Å². The molecule has 192 valence electrons. The molecule has 0 aromatic heterocycles. The van der Waals surface area contributed by atoms with Crippen molar-refractivity contribution in [2.45, 2.75) is 19.0 Å². The van der Waals surface area contributed by atoms with Crippen molar-refractivity contribution in [3.63, 3.8) is 0 Å². The Labute approximate surface area is 218 Å². The third-order valence-corrected chi connectivity index (χ3v) is 7.16. The highest BCUT2D eigenvalue weighted by molar-refractivity contribution is 6.03. The molecule has 2 aliphatic heterocycles. The number of hydrazone groups is 1. The molecule has 7 nitrogen and oxygen atoms in total. The average Bonchev–Trinajstić information content (AvgIpc) is 3.40. The number of hydrogen-bond donors (Lipinski definition) is 0. The number of ether oxygens (including phenoxy) is 2. The van der Waals surface area contributed by atoms with Crippen LogP contribution in [0.5, 0.6) is 11.5 Å². The molecule has 0 unspecified atom stereocenters. The van der Waals surface area contributed by atoms with Gasteiger partial charge in [0.1, 0.15) is 11.5 Å². The minimum atomic E-state index is -0.208. The second-order valence-electron chi connectivity index (χ2n) is 9.51. The van der Waals surface area contributed by atoms with E-state index in [1.54, 1.807) is 19.2 Å². The second-order valence-corrected chi connectivity index (χ2v) is 9.51. The zero-order valence-electron chi connectivity index (χ0n) is 21.5. The molecule has 1 atom stereocenters. The van der Waals surface area contributed by atoms with Crippen molar-refractivity contribution in [2.75, 3.05) is 46.9 Å². The molecule has 1 amide bonds. The van der Waals surface area contributed by atoms with E-state index in [9.17, 15) is 4.79 Å². The van der Waals surface area contributed by atoms with E-state index in [4.69, 9.17) is 14.6 Å². The largest absolute Gasteiger partial charge is 0.497 e. The van der Waals surface area contributed by atoms with Crippen LogP contribution in [0.15, 0.2) is 84.0 Å². The molecule has 5 rings (SSSR count). The fourth-order valence-electron chi connectivity index (χ4n) is 5.09. The van der Waals surface area contributed by atoms with Crippen molar-refractivity contribution in [1.29, 1.82) is 0 Å². The fraction of sp³-hybridized carbons (Fsp3) is 0.333. The maximum absolute atomic E-state index is 13.6. The van der Waals surface area contributed by atoms with Crippen LogP contribution in [-0.4, -0.2) is 73.4 Å². The molecule has 37 heavy (non-hydrogen) atoms. The van der Waals surface area contributed by atoms with Gasteiger partial charge in [-0.2, -0.15) is 5.10 Å². The van der Waals surface area contributed by atoms with Crippen LogP contribution in [0.2, 0.25) is 0 Å². The van der Waals surface area contributed by atoms with Crippen LogP contribution in [0.1, 0.15) is 29.2 Å². The maximum atomic E-state index is 13.6. The van der Waals surface area contributed by atoms with Gasteiger partial charge < -0.3 is 9.47 Å². The van der Waals surface area contributed by atoms with Gasteiger partial charge in [0.25, 0.3) is 5.91 Å². The van der Waals surface area contributed by atoms with Crippen LogP contribution in [0.3, 0.4) is 0 Å². The lowest BCUT2D eigenvalue weighted by molar-refractivity contribution is -0.134. The number of hydrogen-bond acceptors (Lipinski definition) is 6. The lowest BCUT2D eigenvalue weighted by Crippen LogP contribution is -2.49. The Morgan fingerprint density at radius 3 is 2.22 bits per heavy atom. The molecule has 0 radical (unpaired) electrons.